The van der Waals surface area contributed by atoms with Gasteiger partial charge in [-0.25, -0.2) is 4.79 Å². The second-order valence-corrected chi connectivity index (χ2v) is 4.76. The summed E-state index contributed by atoms with van der Waals surface area (Å²) in [5.74, 6) is 0.697. The van der Waals surface area contributed by atoms with Gasteiger partial charge in [0.2, 0.25) is 0 Å². The number of carbonyl (C=O) groups is 1. The molecule has 5 heteroatoms. The number of hydrogen-bond donors (Lipinski definition) is 2. The van der Waals surface area contributed by atoms with Gasteiger partial charge in [0.1, 0.15) is 5.75 Å². The molecular weight excluding hydrogens is 266 g/mol. The van der Waals surface area contributed by atoms with Gasteiger partial charge in [-0.1, -0.05) is 12.1 Å². The number of nitrogens with one attached hydrogen (secondary N) is 2. The molecule has 0 atom stereocenters. The summed E-state index contributed by atoms with van der Waals surface area (Å²) in [6.45, 7) is 0. The molecule has 0 saturated carbocycles. The lowest BCUT2D eigenvalue weighted by molar-refractivity contribution is 0.262. The predicted octanol–water partition coefficient (Wildman–Crippen LogP) is 3.41. The summed E-state index contributed by atoms with van der Waals surface area (Å²) in [5, 5.41) is 5.58. The van der Waals surface area contributed by atoms with Gasteiger partial charge >= 0.3 is 6.03 Å². The second-order valence-electron chi connectivity index (χ2n) is 4.76. The van der Waals surface area contributed by atoms with E-state index in [0.717, 1.165) is 11.4 Å². The van der Waals surface area contributed by atoms with E-state index in [1.54, 1.807) is 19.2 Å². The zero-order valence-electron chi connectivity index (χ0n) is 12.4. The van der Waals surface area contributed by atoms with E-state index in [0.29, 0.717) is 11.4 Å². The van der Waals surface area contributed by atoms with E-state index in [4.69, 9.17) is 4.74 Å². The van der Waals surface area contributed by atoms with Crippen molar-refractivity contribution in [2.45, 2.75) is 0 Å². The number of urea groups is 1. The summed E-state index contributed by atoms with van der Waals surface area (Å²) < 4.78 is 5.12. The van der Waals surface area contributed by atoms with Crippen LogP contribution in [0, 0.1) is 0 Å². The number of anilines is 3. The topological polar surface area (TPSA) is 53.6 Å². The lowest BCUT2D eigenvalue weighted by atomic mass is 10.2. The molecule has 0 saturated heterocycles. The number of nitrogens with zero attached hydrogens (tertiary/aromatic N) is 1. The van der Waals surface area contributed by atoms with Crippen molar-refractivity contribution >= 4 is 23.1 Å². The summed E-state index contributed by atoms with van der Waals surface area (Å²) in [4.78, 5) is 14.0. The van der Waals surface area contributed by atoms with E-state index in [1.807, 2.05) is 55.4 Å². The maximum Gasteiger partial charge on any atom is 0.323 e. The molecule has 0 aliphatic rings. The number of benzene rings is 2. The zero-order chi connectivity index (χ0) is 15.2. The summed E-state index contributed by atoms with van der Waals surface area (Å²) >= 11 is 0. The number of methoxy groups -OCH3 is 1. The molecule has 0 bridgehead atoms. The first kappa shape index (κ1) is 14.7. The Morgan fingerprint density at radius 3 is 2.24 bits per heavy atom. The molecule has 0 radical (unpaired) electrons. The van der Waals surface area contributed by atoms with Crippen LogP contribution in [-0.4, -0.2) is 27.2 Å². The van der Waals surface area contributed by atoms with E-state index in [9.17, 15) is 4.79 Å². The van der Waals surface area contributed by atoms with E-state index in [-0.39, 0.29) is 6.03 Å². The highest BCUT2D eigenvalue weighted by Crippen LogP contribution is 2.19. The van der Waals surface area contributed by atoms with Crippen LogP contribution in [0.4, 0.5) is 21.9 Å². The van der Waals surface area contributed by atoms with Crippen molar-refractivity contribution in [3.05, 3.63) is 48.5 Å². The minimum absolute atomic E-state index is 0.292. The average molecular weight is 285 g/mol. The average Bonchev–Trinajstić information content (AvgIpc) is 2.47. The van der Waals surface area contributed by atoms with Crippen LogP contribution in [0.2, 0.25) is 0 Å². The Morgan fingerprint density at radius 2 is 1.62 bits per heavy atom. The van der Waals surface area contributed by atoms with Gasteiger partial charge in [-0.2, -0.15) is 0 Å². The molecule has 2 rings (SSSR count). The third-order valence-electron chi connectivity index (χ3n) is 2.95. The van der Waals surface area contributed by atoms with Crippen LogP contribution in [-0.2, 0) is 0 Å². The summed E-state index contributed by atoms with van der Waals surface area (Å²) in [6.07, 6.45) is 0. The first-order valence-corrected chi connectivity index (χ1v) is 6.58. The summed E-state index contributed by atoms with van der Waals surface area (Å²) in [5.41, 5.74) is 2.44. The van der Waals surface area contributed by atoms with Crippen molar-refractivity contribution in [1.82, 2.24) is 0 Å². The number of amides is 2. The zero-order valence-corrected chi connectivity index (χ0v) is 12.4. The number of rotatable bonds is 4. The van der Waals surface area contributed by atoms with Crippen LogP contribution in [0.5, 0.6) is 5.75 Å². The number of carbonyl (C=O) groups excluding carboxylic acids is 1. The lowest BCUT2D eigenvalue weighted by Crippen LogP contribution is -2.19. The molecule has 0 aromatic heterocycles. The molecule has 0 fully saturated rings. The second kappa shape index (κ2) is 6.65. The quantitative estimate of drug-likeness (QED) is 0.905. The molecule has 5 nitrogen and oxygen atoms in total. The highest BCUT2D eigenvalue weighted by molar-refractivity contribution is 6.00. The Kier molecular flexibility index (Phi) is 4.66. The van der Waals surface area contributed by atoms with Crippen molar-refractivity contribution < 1.29 is 9.53 Å². The van der Waals surface area contributed by atoms with E-state index >= 15 is 0 Å². The van der Waals surface area contributed by atoms with Gasteiger partial charge in [-0.3, -0.25) is 0 Å². The Hall–Kier alpha value is -2.69. The molecule has 2 aromatic rings. The van der Waals surface area contributed by atoms with Gasteiger partial charge in [0.15, 0.2) is 0 Å². The lowest BCUT2D eigenvalue weighted by Gasteiger charge is -2.14. The van der Waals surface area contributed by atoms with Crippen LogP contribution >= 0.6 is 0 Å². The molecule has 2 N–H and O–H groups in total. The van der Waals surface area contributed by atoms with E-state index in [2.05, 4.69) is 10.6 Å². The fourth-order valence-electron chi connectivity index (χ4n) is 1.86. The maximum absolute atomic E-state index is 12.0. The minimum atomic E-state index is -0.292. The summed E-state index contributed by atoms with van der Waals surface area (Å²) in [6, 6.07) is 14.5. The summed E-state index contributed by atoms with van der Waals surface area (Å²) in [7, 11) is 5.50. The van der Waals surface area contributed by atoms with Crippen LogP contribution in [0.25, 0.3) is 0 Å². The molecule has 2 amide bonds. The molecule has 0 unspecified atom stereocenters. The van der Waals surface area contributed by atoms with Crippen molar-refractivity contribution in [2.75, 3.05) is 36.7 Å². The van der Waals surface area contributed by atoms with E-state index in [1.165, 1.54) is 0 Å². The van der Waals surface area contributed by atoms with Crippen molar-refractivity contribution in [1.29, 1.82) is 0 Å². The third-order valence-corrected chi connectivity index (χ3v) is 2.95. The smallest absolute Gasteiger partial charge is 0.323 e. The fourth-order valence-corrected chi connectivity index (χ4v) is 1.86. The SMILES string of the molecule is COc1cccc(NC(=O)Nc2cccc(N(C)C)c2)c1. The molecule has 110 valence electrons. The third kappa shape index (κ3) is 4.14. The maximum atomic E-state index is 12.0. The van der Waals surface area contributed by atoms with Crippen molar-refractivity contribution in [3.8, 4) is 5.75 Å². The highest BCUT2D eigenvalue weighted by Gasteiger charge is 2.04. The Labute approximate surface area is 124 Å². The monoisotopic (exact) mass is 285 g/mol. The van der Waals surface area contributed by atoms with Crippen molar-refractivity contribution in [2.24, 2.45) is 0 Å². The minimum Gasteiger partial charge on any atom is -0.497 e. The van der Waals surface area contributed by atoms with Gasteiger partial charge in [0.25, 0.3) is 0 Å². The molecule has 0 spiro atoms. The van der Waals surface area contributed by atoms with Gasteiger partial charge in [-0.05, 0) is 30.3 Å². The highest BCUT2D eigenvalue weighted by atomic mass is 16.5. The molecular formula is C16H19N3O2. The van der Waals surface area contributed by atoms with Crippen LogP contribution in [0.1, 0.15) is 0 Å². The van der Waals surface area contributed by atoms with Crippen LogP contribution < -0.4 is 20.3 Å². The van der Waals surface area contributed by atoms with Gasteiger partial charge in [0.05, 0.1) is 7.11 Å². The van der Waals surface area contributed by atoms with E-state index < -0.39 is 0 Å². The molecule has 21 heavy (non-hydrogen) atoms. The fraction of sp³-hybridized carbons (Fsp3) is 0.188. The largest absolute Gasteiger partial charge is 0.497 e. The molecule has 0 heterocycles. The first-order valence-electron chi connectivity index (χ1n) is 6.58. The standard InChI is InChI=1S/C16H19N3O2/c1-19(2)14-8-4-6-12(10-14)17-16(20)18-13-7-5-9-15(11-13)21-3/h4-11H,1-3H3,(H2,17,18,20). The number of ether oxygens (including phenoxy) is 1. The van der Waals surface area contributed by atoms with Crippen LogP contribution in [0.3, 0.4) is 0 Å². The molecule has 0 aliphatic heterocycles. The Morgan fingerprint density at radius 1 is 1.00 bits per heavy atom. The Bertz CT molecular complexity index is 626. The normalized spacial score (nSPS) is 9.86. The van der Waals surface area contributed by atoms with Crippen molar-refractivity contribution in [3.63, 3.8) is 0 Å². The first-order chi connectivity index (χ1) is 10.1. The molecule has 0 aliphatic carbocycles. The molecule has 2 aromatic carbocycles. The van der Waals surface area contributed by atoms with Gasteiger partial charge < -0.3 is 20.3 Å². The van der Waals surface area contributed by atoms with Gasteiger partial charge in [-0.15, -0.1) is 0 Å². The van der Waals surface area contributed by atoms with Gasteiger partial charge in [0, 0.05) is 37.2 Å². The number of hydrogen-bond acceptors (Lipinski definition) is 3. The van der Waals surface area contributed by atoms with Crippen LogP contribution in [0.15, 0.2) is 48.5 Å². The predicted molar refractivity (Wildman–Crippen MR) is 86.4 cm³/mol. The Balaban J connectivity index is 2.02.